The van der Waals surface area contributed by atoms with E-state index in [1.54, 1.807) is 7.11 Å². The van der Waals surface area contributed by atoms with Crippen LogP contribution in [0.2, 0.25) is 0 Å². The van der Waals surface area contributed by atoms with Crippen molar-refractivity contribution in [2.45, 2.75) is 11.8 Å². The number of aryl methyl sites for hydroxylation is 1. The van der Waals surface area contributed by atoms with E-state index < -0.39 is 4.83 Å². The van der Waals surface area contributed by atoms with E-state index in [1.807, 2.05) is 25.1 Å². The number of benzene rings is 1. The van der Waals surface area contributed by atoms with Gasteiger partial charge in [-0.25, -0.2) is 0 Å². The molecule has 82 valence electrons. The van der Waals surface area contributed by atoms with Crippen LogP contribution in [0.3, 0.4) is 0 Å². The lowest BCUT2D eigenvalue weighted by molar-refractivity contribution is -0.139. The molecule has 4 heteroatoms. The minimum absolute atomic E-state index is 0.334. The first-order valence-electron chi connectivity index (χ1n) is 4.47. The number of hydrogen-bond acceptors (Lipinski definition) is 3. The Morgan fingerprint density at radius 1 is 1.40 bits per heavy atom. The van der Waals surface area contributed by atoms with Crippen LogP contribution in [-0.2, 0) is 9.53 Å². The second-order valence-electron chi connectivity index (χ2n) is 3.08. The third-order valence-electron chi connectivity index (χ3n) is 2.13. The number of rotatable bonds is 3. The number of carbonyl (C=O) groups excluding carboxylic acids is 1. The molecule has 1 aromatic rings. The molecule has 1 unspecified atom stereocenters. The number of alkyl halides is 1. The number of ether oxygens (including phenoxy) is 2. The van der Waals surface area contributed by atoms with E-state index in [0.29, 0.717) is 5.75 Å². The summed E-state index contributed by atoms with van der Waals surface area (Å²) in [6, 6.07) is 5.64. The molecule has 0 aliphatic heterocycles. The van der Waals surface area contributed by atoms with Gasteiger partial charge in [0.05, 0.1) is 14.2 Å². The summed E-state index contributed by atoms with van der Waals surface area (Å²) < 4.78 is 9.92. The molecular weight excluding hydrogens is 260 g/mol. The van der Waals surface area contributed by atoms with Crippen molar-refractivity contribution < 1.29 is 14.3 Å². The molecule has 0 saturated carbocycles. The van der Waals surface area contributed by atoms with Crippen LogP contribution in [0.1, 0.15) is 16.0 Å². The summed E-state index contributed by atoms with van der Waals surface area (Å²) in [5.41, 5.74) is 1.77. The van der Waals surface area contributed by atoms with Gasteiger partial charge in [0.15, 0.2) is 0 Å². The fourth-order valence-electron chi connectivity index (χ4n) is 1.38. The smallest absolute Gasteiger partial charge is 0.324 e. The lowest BCUT2D eigenvalue weighted by Gasteiger charge is -2.14. The van der Waals surface area contributed by atoms with E-state index in [2.05, 4.69) is 20.7 Å². The van der Waals surface area contributed by atoms with E-state index in [4.69, 9.17) is 4.74 Å². The number of hydrogen-bond donors (Lipinski definition) is 0. The third kappa shape index (κ3) is 2.50. The van der Waals surface area contributed by atoms with E-state index >= 15 is 0 Å². The molecule has 0 aliphatic rings. The second kappa shape index (κ2) is 5.16. The molecule has 0 N–H and O–H groups in total. The van der Waals surface area contributed by atoms with Gasteiger partial charge in [0, 0.05) is 5.56 Å². The van der Waals surface area contributed by atoms with Crippen molar-refractivity contribution in [2.24, 2.45) is 0 Å². The molecular formula is C11H13BrO3. The molecule has 0 amide bonds. The zero-order valence-electron chi connectivity index (χ0n) is 8.91. The van der Waals surface area contributed by atoms with Gasteiger partial charge in [-0.05, 0) is 12.5 Å². The van der Waals surface area contributed by atoms with Gasteiger partial charge in [-0.1, -0.05) is 34.1 Å². The standard InChI is InChI=1S/C11H13BrO3/c1-7-5-4-6-8(10(7)14-2)9(12)11(13)15-3/h4-6,9H,1-3H3. The van der Waals surface area contributed by atoms with Crippen molar-refractivity contribution in [3.63, 3.8) is 0 Å². The van der Waals surface area contributed by atoms with Crippen LogP contribution in [0.25, 0.3) is 0 Å². The molecule has 0 fully saturated rings. The fraction of sp³-hybridized carbons (Fsp3) is 0.364. The van der Waals surface area contributed by atoms with Crippen LogP contribution < -0.4 is 4.74 Å². The molecule has 0 radical (unpaired) electrons. The van der Waals surface area contributed by atoms with Gasteiger partial charge in [0.1, 0.15) is 10.6 Å². The lowest BCUT2D eigenvalue weighted by Crippen LogP contribution is -2.09. The minimum atomic E-state index is -0.489. The zero-order valence-corrected chi connectivity index (χ0v) is 10.5. The van der Waals surface area contributed by atoms with Gasteiger partial charge in [-0.3, -0.25) is 4.79 Å². The number of para-hydroxylation sites is 1. The molecule has 1 rings (SSSR count). The predicted molar refractivity (Wildman–Crippen MR) is 61.4 cm³/mol. The SMILES string of the molecule is COC(=O)C(Br)c1cccc(C)c1OC. The molecule has 3 nitrogen and oxygen atoms in total. The van der Waals surface area contributed by atoms with Gasteiger partial charge in [-0.15, -0.1) is 0 Å². The Labute approximate surface area is 97.5 Å². The summed E-state index contributed by atoms with van der Waals surface area (Å²) in [5, 5.41) is 0. The maximum Gasteiger partial charge on any atom is 0.324 e. The average molecular weight is 273 g/mol. The fourth-order valence-corrected chi connectivity index (χ4v) is 1.93. The molecule has 0 aliphatic carbocycles. The van der Waals surface area contributed by atoms with Crippen LogP contribution in [0.4, 0.5) is 0 Å². The van der Waals surface area contributed by atoms with Crippen molar-refractivity contribution in [1.29, 1.82) is 0 Å². The third-order valence-corrected chi connectivity index (χ3v) is 2.99. The Hall–Kier alpha value is -1.03. The van der Waals surface area contributed by atoms with Gasteiger partial charge >= 0.3 is 5.97 Å². The molecule has 0 saturated heterocycles. The van der Waals surface area contributed by atoms with E-state index in [9.17, 15) is 4.79 Å². The molecule has 1 aromatic carbocycles. The Balaban J connectivity index is 3.13. The highest BCUT2D eigenvalue weighted by Crippen LogP contribution is 2.34. The maximum absolute atomic E-state index is 11.4. The van der Waals surface area contributed by atoms with Gasteiger partial charge in [0.25, 0.3) is 0 Å². The molecule has 0 spiro atoms. The largest absolute Gasteiger partial charge is 0.496 e. The summed E-state index contributed by atoms with van der Waals surface area (Å²) in [6.45, 7) is 1.93. The first-order chi connectivity index (χ1) is 7.11. The van der Waals surface area contributed by atoms with Crippen molar-refractivity contribution in [1.82, 2.24) is 0 Å². The molecule has 0 aromatic heterocycles. The predicted octanol–water partition coefficient (Wildman–Crippen LogP) is 2.61. The maximum atomic E-state index is 11.4. The summed E-state index contributed by atoms with van der Waals surface area (Å²) in [7, 11) is 2.95. The van der Waals surface area contributed by atoms with E-state index in [1.165, 1.54) is 7.11 Å². The summed E-state index contributed by atoms with van der Waals surface area (Å²) >= 11 is 3.28. The van der Waals surface area contributed by atoms with Crippen LogP contribution >= 0.6 is 15.9 Å². The van der Waals surface area contributed by atoms with Crippen molar-refractivity contribution >= 4 is 21.9 Å². The Kier molecular flexibility index (Phi) is 4.15. The highest BCUT2D eigenvalue weighted by Gasteiger charge is 2.22. The van der Waals surface area contributed by atoms with Crippen LogP contribution in [0.15, 0.2) is 18.2 Å². The van der Waals surface area contributed by atoms with Crippen LogP contribution in [-0.4, -0.2) is 20.2 Å². The van der Waals surface area contributed by atoms with Gasteiger partial charge in [-0.2, -0.15) is 0 Å². The number of methoxy groups -OCH3 is 2. The average Bonchev–Trinajstić information content (AvgIpc) is 2.26. The van der Waals surface area contributed by atoms with Crippen molar-refractivity contribution in [3.05, 3.63) is 29.3 Å². The molecule has 1 atom stereocenters. The van der Waals surface area contributed by atoms with E-state index in [-0.39, 0.29) is 5.97 Å². The quantitative estimate of drug-likeness (QED) is 0.627. The number of carbonyl (C=O) groups is 1. The molecule has 0 bridgehead atoms. The highest BCUT2D eigenvalue weighted by molar-refractivity contribution is 9.09. The first-order valence-corrected chi connectivity index (χ1v) is 5.38. The van der Waals surface area contributed by atoms with Crippen molar-refractivity contribution in [2.75, 3.05) is 14.2 Å². The number of halogens is 1. The normalized spacial score (nSPS) is 12.0. The van der Waals surface area contributed by atoms with Crippen LogP contribution in [0, 0.1) is 6.92 Å². The Morgan fingerprint density at radius 3 is 2.60 bits per heavy atom. The second-order valence-corrected chi connectivity index (χ2v) is 4.00. The molecule has 15 heavy (non-hydrogen) atoms. The number of esters is 1. The lowest BCUT2D eigenvalue weighted by atomic mass is 10.1. The molecule has 0 heterocycles. The first kappa shape index (κ1) is 12.0. The highest BCUT2D eigenvalue weighted by atomic mass is 79.9. The Morgan fingerprint density at radius 2 is 2.07 bits per heavy atom. The summed E-state index contributed by atoms with van der Waals surface area (Å²) in [4.78, 5) is 10.9. The Bertz CT molecular complexity index is 363. The van der Waals surface area contributed by atoms with Gasteiger partial charge in [0.2, 0.25) is 0 Å². The van der Waals surface area contributed by atoms with Crippen LogP contribution in [0.5, 0.6) is 5.75 Å². The van der Waals surface area contributed by atoms with Gasteiger partial charge < -0.3 is 9.47 Å². The van der Waals surface area contributed by atoms with E-state index in [0.717, 1.165) is 11.1 Å². The topological polar surface area (TPSA) is 35.5 Å². The summed E-state index contributed by atoms with van der Waals surface area (Å²) in [5.74, 6) is 0.378. The van der Waals surface area contributed by atoms with Crippen molar-refractivity contribution in [3.8, 4) is 5.75 Å². The summed E-state index contributed by atoms with van der Waals surface area (Å²) in [6.07, 6.45) is 0. The minimum Gasteiger partial charge on any atom is -0.496 e. The zero-order chi connectivity index (χ0) is 11.4. The monoisotopic (exact) mass is 272 g/mol.